The van der Waals surface area contributed by atoms with E-state index in [1.165, 1.54) is 0 Å². The van der Waals surface area contributed by atoms with Crippen molar-refractivity contribution in [3.8, 4) is 11.5 Å². The predicted octanol–water partition coefficient (Wildman–Crippen LogP) is 4.38. The normalized spacial score (nSPS) is 15.8. The molecule has 4 rings (SSSR count). The Balaban J connectivity index is 1.36. The molecule has 7 heteroatoms. The summed E-state index contributed by atoms with van der Waals surface area (Å²) in [6, 6.07) is 14.1. The van der Waals surface area contributed by atoms with Gasteiger partial charge in [-0.2, -0.15) is 0 Å². The lowest BCUT2D eigenvalue weighted by Gasteiger charge is -2.13. The zero-order chi connectivity index (χ0) is 23.8. The Hall–Kier alpha value is -3.32. The fourth-order valence-electron chi connectivity index (χ4n) is 4.27. The molecule has 1 aliphatic heterocycles. The number of nitrogens with one attached hydrogen (secondary N) is 1. The van der Waals surface area contributed by atoms with Gasteiger partial charge < -0.3 is 24.1 Å². The van der Waals surface area contributed by atoms with E-state index >= 15 is 0 Å². The Bertz CT molecular complexity index is 1130. The minimum absolute atomic E-state index is 0.0250. The largest absolute Gasteiger partial charge is 0.493 e. The standard InChI is InChI=1S/C27H33N3O4/c1-3-8-20-12-13-23(25(19-20)32-2)33-18-7-16-30-22-10-5-4-9-21(22)29-26(30)14-15-28-27(31)24-11-6-17-34-24/h3-5,8-10,12-13,19,24H,6-7,11,14-18H2,1-2H3,(H,28,31)/b8-3+. The van der Waals surface area contributed by atoms with Gasteiger partial charge in [-0.1, -0.05) is 30.4 Å². The Labute approximate surface area is 200 Å². The molecule has 34 heavy (non-hydrogen) atoms. The molecule has 2 heterocycles. The molecule has 1 aromatic heterocycles. The van der Waals surface area contributed by atoms with Crippen molar-refractivity contribution in [1.29, 1.82) is 0 Å². The van der Waals surface area contributed by atoms with Crippen LogP contribution in [0.4, 0.5) is 0 Å². The second-order valence-electron chi connectivity index (χ2n) is 8.32. The number of aryl methyl sites for hydroxylation is 1. The van der Waals surface area contributed by atoms with Crippen LogP contribution in [0.5, 0.6) is 11.5 Å². The highest BCUT2D eigenvalue weighted by Crippen LogP contribution is 2.29. The molecule has 3 aromatic rings. The lowest BCUT2D eigenvalue weighted by atomic mass is 10.2. The van der Waals surface area contributed by atoms with Gasteiger partial charge in [0.2, 0.25) is 5.91 Å². The molecular weight excluding hydrogens is 430 g/mol. The van der Waals surface area contributed by atoms with E-state index in [0.717, 1.165) is 59.7 Å². The fourth-order valence-corrected chi connectivity index (χ4v) is 4.27. The van der Waals surface area contributed by atoms with Gasteiger partial charge in [0.05, 0.1) is 24.8 Å². The number of carbonyl (C=O) groups excluding carboxylic acids is 1. The van der Waals surface area contributed by atoms with Gasteiger partial charge in [0, 0.05) is 26.1 Å². The maximum absolute atomic E-state index is 12.3. The molecule has 0 aliphatic carbocycles. The number of benzene rings is 2. The number of nitrogens with zero attached hydrogens (tertiary/aromatic N) is 2. The summed E-state index contributed by atoms with van der Waals surface area (Å²) >= 11 is 0. The number of hydrogen-bond acceptors (Lipinski definition) is 5. The topological polar surface area (TPSA) is 74.6 Å². The number of aromatic nitrogens is 2. The van der Waals surface area contributed by atoms with Crippen LogP contribution >= 0.6 is 0 Å². The van der Waals surface area contributed by atoms with Crippen LogP contribution in [0.15, 0.2) is 48.5 Å². The molecule has 1 amide bonds. The SMILES string of the molecule is C/C=C/c1ccc(OCCCn2c(CCNC(=O)C3CCCO3)nc3ccccc32)c(OC)c1. The fraction of sp³-hybridized carbons (Fsp3) is 0.407. The summed E-state index contributed by atoms with van der Waals surface area (Å²) in [5, 5.41) is 3.00. The minimum atomic E-state index is -0.306. The van der Waals surface area contributed by atoms with Crippen molar-refractivity contribution in [3.05, 3.63) is 59.9 Å². The van der Waals surface area contributed by atoms with Crippen molar-refractivity contribution in [1.82, 2.24) is 14.9 Å². The lowest BCUT2D eigenvalue weighted by molar-refractivity contribution is -0.130. The van der Waals surface area contributed by atoms with E-state index in [1.54, 1.807) is 7.11 Å². The summed E-state index contributed by atoms with van der Waals surface area (Å²) in [6.45, 7) is 4.52. The molecule has 0 bridgehead atoms. The molecule has 1 fully saturated rings. The average molecular weight is 464 g/mol. The zero-order valence-electron chi connectivity index (χ0n) is 20.0. The maximum Gasteiger partial charge on any atom is 0.249 e. The minimum Gasteiger partial charge on any atom is -0.493 e. The number of hydrogen-bond donors (Lipinski definition) is 1. The third-order valence-corrected chi connectivity index (χ3v) is 5.93. The molecule has 1 aliphatic rings. The first-order chi connectivity index (χ1) is 16.7. The highest BCUT2D eigenvalue weighted by molar-refractivity contribution is 5.81. The summed E-state index contributed by atoms with van der Waals surface area (Å²) in [5.74, 6) is 2.40. The van der Waals surface area contributed by atoms with Crippen LogP contribution in [-0.2, 0) is 22.5 Å². The second-order valence-corrected chi connectivity index (χ2v) is 8.32. The van der Waals surface area contributed by atoms with Crippen molar-refractivity contribution in [2.24, 2.45) is 0 Å². The molecular formula is C27H33N3O4. The quantitative estimate of drug-likeness (QED) is 0.427. The molecule has 2 aromatic carbocycles. The van der Waals surface area contributed by atoms with Crippen LogP contribution in [-0.4, -0.2) is 48.4 Å². The summed E-state index contributed by atoms with van der Waals surface area (Å²) < 4.78 is 19.2. The van der Waals surface area contributed by atoms with Crippen LogP contribution in [0.1, 0.15) is 37.6 Å². The number of carbonyl (C=O) groups is 1. The van der Waals surface area contributed by atoms with Gasteiger partial charge in [-0.25, -0.2) is 4.98 Å². The van der Waals surface area contributed by atoms with Gasteiger partial charge in [-0.3, -0.25) is 4.79 Å². The van der Waals surface area contributed by atoms with E-state index in [4.69, 9.17) is 19.2 Å². The third kappa shape index (κ3) is 5.78. The van der Waals surface area contributed by atoms with Crippen molar-refractivity contribution in [2.45, 2.75) is 45.3 Å². The molecule has 1 saturated heterocycles. The van der Waals surface area contributed by atoms with Crippen LogP contribution in [0.2, 0.25) is 0 Å². The number of ether oxygens (including phenoxy) is 3. The van der Waals surface area contributed by atoms with Crippen molar-refractivity contribution in [2.75, 3.05) is 26.9 Å². The smallest absolute Gasteiger partial charge is 0.249 e. The van der Waals surface area contributed by atoms with Gasteiger partial charge in [0.1, 0.15) is 11.9 Å². The second kappa shape index (κ2) is 11.7. The Morgan fingerprint density at radius 3 is 2.94 bits per heavy atom. The van der Waals surface area contributed by atoms with Crippen molar-refractivity contribution in [3.63, 3.8) is 0 Å². The summed E-state index contributed by atoms with van der Waals surface area (Å²) in [7, 11) is 1.66. The highest BCUT2D eigenvalue weighted by Gasteiger charge is 2.23. The number of imidazole rings is 1. The van der Waals surface area contributed by atoms with Crippen LogP contribution in [0, 0.1) is 0 Å². The predicted molar refractivity (Wildman–Crippen MR) is 133 cm³/mol. The first-order valence-corrected chi connectivity index (χ1v) is 12.0. The van der Waals surface area contributed by atoms with E-state index in [-0.39, 0.29) is 12.0 Å². The number of para-hydroxylation sites is 2. The molecule has 180 valence electrons. The number of allylic oxidation sites excluding steroid dienone is 1. The Kier molecular flexibility index (Phi) is 8.20. The number of fused-ring (bicyclic) bond motifs is 1. The maximum atomic E-state index is 12.3. The number of amides is 1. The Morgan fingerprint density at radius 1 is 1.26 bits per heavy atom. The van der Waals surface area contributed by atoms with Gasteiger partial charge in [-0.15, -0.1) is 0 Å². The summed E-state index contributed by atoms with van der Waals surface area (Å²) in [6.07, 6.45) is 6.94. The molecule has 1 atom stereocenters. The van der Waals surface area contributed by atoms with E-state index in [9.17, 15) is 4.79 Å². The van der Waals surface area contributed by atoms with Crippen LogP contribution < -0.4 is 14.8 Å². The molecule has 1 N–H and O–H groups in total. The van der Waals surface area contributed by atoms with Gasteiger partial charge in [0.25, 0.3) is 0 Å². The summed E-state index contributed by atoms with van der Waals surface area (Å²) in [5.41, 5.74) is 3.13. The highest BCUT2D eigenvalue weighted by atomic mass is 16.5. The summed E-state index contributed by atoms with van der Waals surface area (Å²) in [4.78, 5) is 17.1. The lowest BCUT2D eigenvalue weighted by Crippen LogP contribution is -2.35. The third-order valence-electron chi connectivity index (χ3n) is 5.93. The van der Waals surface area contributed by atoms with E-state index in [1.807, 2.05) is 55.5 Å². The van der Waals surface area contributed by atoms with E-state index in [2.05, 4.69) is 16.0 Å². The van der Waals surface area contributed by atoms with Crippen LogP contribution in [0.3, 0.4) is 0 Å². The molecule has 0 radical (unpaired) electrons. The molecule has 0 saturated carbocycles. The van der Waals surface area contributed by atoms with Crippen molar-refractivity contribution < 1.29 is 19.0 Å². The zero-order valence-corrected chi connectivity index (χ0v) is 20.0. The van der Waals surface area contributed by atoms with Gasteiger partial charge in [-0.05, 0) is 56.0 Å². The van der Waals surface area contributed by atoms with Gasteiger partial charge >= 0.3 is 0 Å². The van der Waals surface area contributed by atoms with E-state index < -0.39 is 0 Å². The first-order valence-electron chi connectivity index (χ1n) is 12.0. The molecule has 1 unspecified atom stereocenters. The monoisotopic (exact) mass is 463 g/mol. The average Bonchev–Trinajstić information content (AvgIpc) is 3.51. The number of methoxy groups -OCH3 is 1. The first kappa shape index (κ1) is 23.8. The van der Waals surface area contributed by atoms with E-state index in [0.29, 0.717) is 26.2 Å². The molecule has 0 spiro atoms. The van der Waals surface area contributed by atoms with Crippen molar-refractivity contribution >= 4 is 23.0 Å². The Morgan fingerprint density at radius 2 is 2.15 bits per heavy atom. The van der Waals surface area contributed by atoms with Gasteiger partial charge in [0.15, 0.2) is 11.5 Å². The number of rotatable bonds is 11. The molecule has 7 nitrogen and oxygen atoms in total. The van der Waals surface area contributed by atoms with Crippen LogP contribution in [0.25, 0.3) is 17.1 Å².